The Hall–Kier alpha value is -1.13. The summed E-state index contributed by atoms with van der Waals surface area (Å²) in [6.07, 6.45) is 2.34. The molecule has 1 aromatic carbocycles. The number of nitrogens with one attached hydrogen (secondary N) is 2. The lowest BCUT2D eigenvalue weighted by atomic mass is 10.0. The Labute approximate surface area is 198 Å². The second kappa shape index (κ2) is 12.7. The van der Waals surface area contributed by atoms with Gasteiger partial charge in [-0.1, -0.05) is 0 Å². The zero-order valence-electron chi connectivity index (χ0n) is 18.6. The molecule has 0 amide bonds. The van der Waals surface area contributed by atoms with Gasteiger partial charge in [-0.3, -0.25) is 9.89 Å². The minimum absolute atomic E-state index is 0. The number of likely N-dealkylation sites (tertiary alicyclic amines) is 1. The minimum atomic E-state index is -0.175. The number of hydrogen-bond acceptors (Lipinski definition) is 4. The van der Waals surface area contributed by atoms with Crippen molar-refractivity contribution in [1.29, 1.82) is 0 Å². The molecule has 2 N–H and O–H groups in total. The van der Waals surface area contributed by atoms with Crippen molar-refractivity contribution in [1.82, 2.24) is 20.4 Å². The topological polar surface area (TPSA) is 46.1 Å². The molecule has 0 aliphatic carbocycles. The number of aliphatic imine (C=N–C) groups is 1. The zero-order valence-corrected chi connectivity index (χ0v) is 20.9. The quantitative estimate of drug-likeness (QED) is 0.335. The van der Waals surface area contributed by atoms with Crippen LogP contribution in [-0.2, 0) is 0 Å². The molecule has 30 heavy (non-hydrogen) atoms. The van der Waals surface area contributed by atoms with E-state index >= 15 is 0 Å². The fraction of sp³-hybridized carbons (Fsp3) is 0.682. The predicted molar refractivity (Wildman–Crippen MR) is 135 cm³/mol. The molecule has 0 radical (unpaired) electrons. The Morgan fingerprint density at radius 1 is 1.07 bits per heavy atom. The summed E-state index contributed by atoms with van der Waals surface area (Å²) < 4.78 is 13.1. The lowest BCUT2D eigenvalue weighted by Crippen LogP contribution is -2.52. The van der Waals surface area contributed by atoms with Gasteiger partial charge in [-0.15, -0.1) is 24.0 Å². The molecule has 6 nitrogen and oxygen atoms in total. The van der Waals surface area contributed by atoms with Crippen LogP contribution in [0.1, 0.15) is 26.7 Å². The minimum Gasteiger partial charge on any atom is -0.369 e. The van der Waals surface area contributed by atoms with E-state index in [4.69, 9.17) is 0 Å². The Bertz CT molecular complexity index is 638. The van der Waals surface area contributed by atoms with Gasteiger partial charge in [-0.2, -0.15) is 0 Å². The van der Waals surface area contributed by atoms with Gasteiger partial charge in [0.15, 0.2) is 5.96 Å². The Morgan fingerprint density at radius 3 is 2.27 bits per heavy atom. The maximum atomic E-state index is 13.1. The average Bonchev–Trinajstić information content (AvgIpc) is 2.74. The molecule has 1 aromatic rings. The van der Waals surface area contributed by atoms with Crippen molar-refractivity contribution in [3.8, 4) is 0 Å². The highest BCUT2D eigenvalue weighted by molar-refractivity contribution is 14.0. The van der Waals surface area contributed by atoms with E-state index in [0.29, 0.717) is 12.1 Å². The zero-order chi connectivity index (χ0) is 20.6. The molecular formula is C22H38FIN6. The van der Waals surface area contributed by atoms with E-state index in [1.807, 2.05) is 19.2 Å². The number of piperidine rings is 1. The summed E-state index contributed by atoms with van der Waals surface area (Å²) in [6, 6.07) is 7.96. The summed E-state index contributed by atoms with van der Waals surface area (Å²) in [4.78, 5) is 11.7. The van der Waals surface area contributed by atoms with Crippen molar-refractivity contribution in [2.75, 3.05) is 64.3 Å². The van der Waals surface area contributed by atoms with Crippen molar-refractivity contribution < 1.29 is 4.39 Å². The van der Waals surface area contributed by atoms with E-state index in [2.05, 4.69) is 44.2 Å². The number of benzene rings is 1. The van der Waals surface area contributed by atoms with Gasteiger partial charge in [0.2, 0.25) is 0 Å². The predicted octanol–water partition coefficient (Wildman–Crippen LogP) is 2.60. The van der Waals surface area contributed by atoms with Crippen molar-refractivity contribution >= 4 is 35.6 Å². The summed E-state index contributed by atoms with van der Waals surface area (Å²) in [6.45, 7) is 12.8. The van der Waals surface area contributed by atoms with Crippen LogP contribution in [0.15, 0.2) is 29.3 Å². The van der Waals surface area contributed by atoms with Crippen LogP contribution in [0.3, 0.4) is 0 Å². The first kappa shape index (κ1) is 25.1. The number of piperazine rings is 1. The second-order valence-corrected chi connectivity index (χ2v) is 8.35. The molecule has 0 atom stereocenters. The number of anilines is 1. The molecule has 0 spiro atoms. The summed E-state index contributed by atoms with van der Waals surface area (Å²) in [5.74, 6) is 0.740. The van der Waals surface area contributed by atoms with Crippen LogP contribution in [0, 0.1) is 5.82 Å². The van der Waals surface area contributed by atoms with Gasteiger partial charge in [-0.05, 0) is 51.0 Å². The molecule has 2 saturated heterocycles. The first-order valence-electron chi connectivity index (χ1n) is 11.0. The van der Waals surface area contributed by atoms with Crippen molar-refractivity contribution in [3.63, 3.8) is 0 Å². The van der Waals surface area contributed by atoms with Crippen molar-refractivity contribution in [2.24, 2.45) is 4.99 Å². The highest BCUT2D eigenvalue weighted by Gasteiger charge is 2.21. The first-order chi connectivity index (χ1) is 14.0. The van der Waals surface area contributed by atoms with Crippen LogP contribution in [0.4, 0.5) is 10.1 Å². The van der Waals surface area contributed by atoms with E-state index in [9.17, 15) is 4.39 Å². The molecule has 2 aliphatic heterocycles. The van der Waals surface area contributed by atoms with Gasteiger partial charge < -0.3 is 20.4 Å². The van der Waals surface area contributed by atoms with E-state index in [0.717, 1.165) is 64.0 Å². The molecule has 0 aromatic heterocycles. The van der Waals surface area contributed by atoms with E-state index in [1.54, 1.807) is 0 Å². The van der Waals surface area contributed by atoms with Gasteiger partial charge >= 0.3 is 0 Å². The Morgan fingerprint density at radius 2 is 1.70 bits per heavy atom. The smallest absolute Gasteiger partial charge is 0.191 e. The normalized spacial score (nSPS) is 19.6. The van der Waals surface area contributed by atoms with Crippen LogP contribution in [0.25, 0.3) is 0 Å². The van der Waals surface area contributed by atoms with Crippen LogP contribution < -0.4 is 15.5 Å². The fourth-order valence-corrected chi connectivity index (χ4v) is 4.16. The third kappa shape index (κ3) is 7.53. The molecule has 2 heterocycles. The van der Waals surface area contributed by atoms with Crippen molar-refractivity contribution in [2.45, 2.75) is 38.8 Å². The van der Waals surface area contributed by atoms with Crippen LogP contribution in [-0.4, -0.2) is 87.2 Å². The standard InChI is InChI=1S/C22H37FN6.HI/c1-18(2)28-11-8-20(9-12-28)26-22(24-3)25-10-13-27-14-16-29(17-15-27)21-6-4-19(23)5-7-21;/h4-7,18,20H,8-17H2,1-3H3,(H2,24,25,26);1H. The summed E-state index contributed by atoms with van der Waals surface area (Å²) >= 11 is 0. The number of hydrogen-bond donors (Lipinski definition) is 2. The van der Waals surface area contributed by atoms with Crippen LogP contribution in [0.5, 0.6) is 0 Å². The third-order valence-corrected chi connectivity index (χ3v) is 6.11. The monoisotopic (exact) mass is 532 g/mol. The summed E-state index contributed by atoms with van der Waals surface area (Å²) in [5, 5.41) is 7.07. The highest BCUT2D eigenvalue weighted by Crippen LogP contribution is 2.16. The molecule has 0 bridgehead atoms. The molecule has 3 rings (SSSR count). The van der Waals surface area contributed by atoms with E-state index in [1.165, 1.54) is 25.0 Å². The second-order valence-electron chi connectivity index (χ2n) is 8.35. The lowest BCUT2D eigenvalue weighted by Gasteiger charge is -2.36. The maximum absolute atomic E-state index is 13.1. The summed E-state index contributed by atoms with van der Waals surface area (Å²) in [7, 11) is 1.85. The van der Waals surface area contributed by atoms with Gasteiger partial charge in [0.05, 0.1) is 0 Å². The number of halogens is 2. The maximum Gasteiger partial charge on any atom is 0.191 e. The SMILES string of the molecule is CN=C(NCCN1CCN(c2ccc(F)cc2)CC1)NC1CCN(C(C)C)CC1.I. The fourth-order valence-electron chi connectivity index (χ4n) is 4.16. The summed E-state index contributed by atoms with van der Waals surface area (Å²) in [5.41, 5.74) is 1.11. The molecule has 8 heteroatoms. The average molecular weight is 532 g/mol. The Balaban J connectivity index is 0.00000320. The van der Waals surface area contributed by atoms with Crippen molar-refractivity contribution in [3.05, 3.63) is 30.1 Å². The largest absolute Gasteiger partial charge is 0.369 e. The first-order valence-corrected chi connectivity index (χ1v) is 11.0. The highest BCUT2D eigenvalue weighted by atomic mass is 127. The van der Waals surface area contributed by atoms with Gasteiger partial charge in [0, 0.05) is 77.2 Å². The number of guanidine groups is 1. The van der Waals surface area contributed by atoms with E-state index in [-0.39, 0.29) is 29.8 Å². The third-order valence-electron chi connectivity index (χ3n) is 6.11. The molecule has 0 unspecified atom stereocenters. The molecule has 2 fully saturated rings. The van der Waals surface area contributed by atoms with Gasteiger partial charge in [0.25, 0.3) is 0 Å². The molecule has 170 valence electrons. The van der Waals surface area contributed by atoms with Crippen LogP contribution in [0.2, 0.25) is 0 Å². The lowest BCUT2D eigenvalue weighted by molar-refractivity contribution is 0.167. The molecule has 0 saturated carbocycles. The number of rotatable bonds is 6. The molecule has 2 aliphatic rings. The van der Waals surface area contributed by atoms with Crippen LogP contribution >= 0.6 is 24.0 Å². The van der Waals surface area contributed by atoms with E-state index < -0.39 is 0 Å². The Kier molecular flexibility index (Phi) is 10.6. The van der Waals surface area contributed by atoms with Gasteiger partial charge in [0.1, 0.15) is 5.82 Å². The number of nitrogens with zero attached hydrogens (tertiary/aromatic N) is 4. The molecular weight excluding hydrogens is 494 g/mol. The van der Waals surface area contributed by atoms with Gasteiger partial charge in [-0.25, -0.2) is 4.39 Å².